The first kappa shape index (κ1) is 16.6. The van der Waals surface area contributed by atoms with E-state index in [4.69, 9.17) is 9.72 Å². The lowest BCUT2D eigenvalue weighted by Crippen LogP contribution is -2.44. The van der Waals surface area contributed by atoms with Gasteiger partial charge in [0.05, 0.1) is 24.3 Å². The van der Waals surface area contributed by atoms with Gasteiger partial charge in [0.15, 0.2) is 0 Å². The van der Waals surface area contributed by atoms with Crippen LogP contribution in [0.2, 0.25) is 0 Å². The molecule has 1 saturated heterocycles. The molecule has 0 N–H and O–H groups in total. The molecule has 9 heteroatoms. The SMILES string of the molecule is CN(C)c1ncc2c(n1)C1(CCN(S(=O)(=O)N(C)C)C1)COC2. The molecule has 1 atom stereocenters. The van der Waals surface area contributed by atoms with Crippen LogP contribution >= 0.6 is 0 Å². The van der Waals surface area contributed by atoms with Gasteiger partial charge in [0, 0.05) is 53.0 Å². The minimum atomic E-state index is -3.42. The van der Waals surface area contributed by atoms with Gasteiger partial charge in [-0.15, -0.1) is 0 Å². The Balaban J connectivity index is 1.99. The van der Waals surface area contributed by atoms with Crippen molar-refractivity contribution >= 4 is 16.2 Å². The number of ether oxygens (including phenoxy) is 1. The van der Waals surface area contributed by atoms with E-state index < -0.39 is 10.2 Å². The second-order valence-corrected chi connectivity index (χ2v) is 8.73. The van der Waals surface area contributed by atoms with Crippen molar-refractivity contribution in [2.45, 2.75) is 18.4 Å². The highest BCUT2D eigenvalue weighted by molar-refractivity contribution is 7.86. The zero-order valence-corrected chi connectivity index (χ0v) is 14.8. The normalized spacial score (nSPS) is 25.1. The Morgan fingerprint density at radius 1 is 1.30 bits per heavy atom. The second kappa shape index (κ2) is 5.66. The summed E-state index contributed by atoms with van der Waals surface area (Å²) in [5.41, 5.74) is 1.49. The Morgan fingerprint density at radius 2 is 2.04 bits per heavy atom. The van der Waals surface area contributed by atoms with E-state index in [2.05, 4.69) is 4.98 Å². The number of fused-ring (bicyclic) bond motifs is 2. The average Bonchev–Trinajstić information content (AvgIpc) is 2.92. The molecule has 1 spiro atoms. The minimum Gasteiger partial charge on any atom is -0.376 e. The van der Waals surface area contributed by atoms with Gasteiger partial charge in [0.2, 0.25) is 5.95 Å². The first-order valence-electron chi connectivity index (χ1n) is 7.55. The molecule has 1 unspecified atom stereocenters. The summed E-state index contributed by atoms with van der Waals surface area (Å²) in [5, 5.41) is 0. The summed E-state index contributed by atoms with van der Waals surface area (Å²) in [6.45, 7) is 1.84. The highest BCUT2D eigenvalue weighted by Gasteiger charge is 2.48. The van der Waals surface area contributed by atoms with E-state index >= 15 is 0 Å². The number of aromatic nitrogens is 2. The molecule has 0 aliphatic carbocycles. The highest BCUT2D eigenvalue weighted by Crippen LogP contribution is 2.40. The lowest BCUT2D eigenvalue weighted by Gasteiger charge is -2.34. The van der Waals surface area contributed by atoms with Crippen LogP contribution in [-0.2, 0) is 27.0 Å². The Hall–Kier alpha value is -1.29. The molecular weight excluding hydrogens is 318 g/mol. The number of hydrogen-bond acceptors (Lipinski definition) is 6. The highest BCUT2D eigenvalue weighted by atomic mass is 32.2. The van der Waals surface area contributed by atoms with Crippen molar-refractivity contribution in [3.8, 4) is 0 Å². The first-order valence-corrected chi connectivity index (χ1v) is 8.95. The van der Waals surface area contributed by atoms with E-state index in [1.807, 2.05) is 19.0 Å². The van der Waals surface area contributed by atoms with E-state index in [1.54, 1.807) is 20.3 Å². The maximum absolute atomic E-state index is 12.4. The van der Waals surface area contributed by atoms with Crippen LogP contribution in [0.25, 0.3) is 0 Å². The van der Waals surface area contributed by atoms with E-state index in [9.17, 15) is 8.42 Å². The fourth-order valence-corrected chi connectivity index (χ4v) is 4.37. The molecule has 1 aromatic rings. The molecule has 128 valence electrons. The van der Waals surface area contributed by atoms with Crippen LogP contribution in [0.3, 0.4) is 0 Å². The zero-order chi connectivity index (χ0) is 16.8. The molecule has 2 aliphatic rings. The molecule has 3 rings (SSSR count). The predicted octanol–water partition coefficient (Wildman–Crippen LogP) is -0.177. The summed E-state index contributed by atoms with van der Waals surface area (Å²) >= 11 is 0. The molecular formula is C14H23N5O3S. The Morgan fingerprint density at radius 3 is 2.70 bits per heavy atom. The Bertz CT molecular complexity index is 706. The van der Waals surface area contributed by atoms with Crippen molar-refractivity contribution < 1.29 is 13.2 Å². The van der Waals surface area contributed by atoms with Crippen molar-refractivity contribution in [3.05, 3.63) is 17.5 Å². The number of rotatable bonds is 3. The molecule has 23 heavy (non-hydrogen) atoms. The van der Waals surface area contributed by atoms with Gasteiger partial charge in [-0.05, 0) is 6.42 Å². The summed E-state index contributed by atoms with van der Waals surface area (Å²) < 4.78 is 33.3. The molecule has 8 nitrogen and oxygen atoms in total. The van der Waals surface area contributed by atoms with Crippen LogP contribution in [0, 0.1) is 0 Å². The van der Waals surface area contributed by atoms with Gasteiger partial charge in [-0.3, -0.25) is 0 Å². The van der Waals surface area contributed by atoms with Gasteiger partial charge in [0.1, 0.15) is 0 Å². The lowest BCUT2D eigenvalue weighted by molar-refractivity contribution is 0.0530. The molecule has 2 aliphatic heterocycles. The molecule has 0 amide bonds. The number of anilines is 1. The van der Waals surface area contributed by atoms with Crippen LogP contribution in [0.5, 0.6) is 0 Å². The van der Waals surface area contributed by atoms with Crippen LogP contribution in [0.1, 0.15) is 17.7 Å². The van der Waals surface area contributed by atoms with Crippen molar-refractivity contribution in [2.24, 2.45) is 0 Å². The monoisotopic (exact) mass is 341 g/mol. The van der Waals surface area contributed by atoms with Gasteiger partial charge >= 0.3 is 0 Å². The first-order chi connectivity index (χ1) is 10.8. The third-order valence-electron chi connectivity index (χ3n) is 4.50. The molecule has 0 saturated carbocycles. The Kier molecular flexibility index (Phi) is 4.07. The maximum atomic E-state index is 12.4. The topological polar surface area (TPSA) is 78.9 Å². The van der Waals surface area contributed by atoms with Crippen molar-refractivity contribution in [1.29, 1.82) is 0 Å². The zero-order valence-electron chi connectivity index (χ0n) is 14.0. The standard InChI is InChI=1S/C14H23N5O3S/c1-17(2)13-15-7-11-8-22-10-14(12(11)16-13)5-6-19(9-14)23(20,21)18(3)4/h7H,5-6,8-10H2,1-4H3. The van der Waals surface area contributed by atoms with E-state index in [0.29, 0.717) is 38.7 Å². The number of nitrogens with zero attached hydrogens (tertiary/aromatic N) is 5. The van der Waals surface area contributed by atoms with Crippen molar-refractivity contribution in [2.75, 3.05) is 52.8 Å². The molecule has 0 radical (unpaired) electrons. The minimum absolute atomic E-state index is 0.385. The summed E-state index contributed by atoms with van der Waals surface area (Å²) in [6, 6.07) is 0. The fraction of sp³-hybridized carbons (Fsp3) is 0.714. The van der Waals surface area contributed by atoms with Crippen LogP contribution in [-0.4, -0.2) is 74.9 Å². The van der Waals surface area contributed by atoms with E-state index in [1.165, 1.54) is 8.61 Å². The summed E-state index contributed by atoms with van der Waals surface area (Å²) in [6.07, 6.45) is 2.50. The molecule has 0 aromatic carbocycles. The van der Waals surface area contributed by atoms with E-state index in [-0.39, 0.29) is 5.41 Å². The fourth-order valence-electron chi connectivity index (χ4n) is 3.18. The molecule has 3 heterocycles. The smallest absolute Gasteiger partial charge is 0.281 e. The molecule has 1 fully saturated rings. The maximum Gasteiger partial charge on any atom is 0.281 e. The summed E-state index contributed by atoms with van der Waals surface area (Å²) in [4.78, 5) is 10.9. The van der Waals surface area contributed by atoms with Gasteiger partial charge < -0.3 is 9.64 Å². The van der Waals surface area contributed by atoms with Gasteiger partial charge in [-0.1, -0.05) is 0 Å². The van der Waals surface area contributed by atoms with Gasteiger partial charge in [0.25, 0.3) is 10.2 Å². The van der Waals surface area contributed by atoms with Gasteiger partial charge in [-0.2, -0.15) is 17.0 Å². The average molecular weight is 341 g/mol. The quantitative estimate of drug-likeness (QED) is 0.759. The summed E-state index contributed by atoms with van der Waals surface area (Å²) in [7, 11) is 3.47. The largest absolute Gasteiger partial charge is 0.376 e. The third kappa shape index (κ3) is 2.71. The third-order valence-corrected chi connectivity index (χ3v) is 6.38. The van der Waals surface area contributed by atoms with Crippen molar-refractivity contribution in [1.82, 2.24) is 18.6 Å². The lowest BCUT2D eigenvalue weighted by atomic mass is 9.81. The van der Waals surface area contributed by atoms with E-state index in [0.717, 1.165) is 11.3 Å². The van der Waals surface area contributed by atoms with Crippen LogP contribution in [0.4, 0.5) is 5.95 Å². The number of hydrogen-bond donors (Lipinski definition) is 0. The predicted molar refractivity (Wildman–Crippen MR) is 86.5 cm³/mol. The molecule has 1 aromatic heterocycles. The van der Waals surface area contributed by atoms with Crippen LogP contribution < -0.4 is 4.90 Å². The molecule has 0 bridgehead atoms. The van der Waals surface area contributed by atoms with Crippen molar-refractivity contribution in [3.63, 3.8) is 0 Å². The summed E-state index contributed by atoms with van der Waals surface area (Å²) in [5.74, 6) is 0.638. The Labute approximate surface area is 137 Å². The van der Waals surface area contributed by atoms with Crippen LogP contribution in [0.15, 0.2) is 6.20 Å². The second-order valence-electron chi connectivity index (χ2n) is 6.59. The van der Waals surface area contributed by atoms with Gasteiger partial charge in [-0.25, -0.2) is 9.97 Å².